The van der Waals surface area contributed by atoms with Crippen molar-refractivity contribution in [2.24, 2.45) is 0 Å². The van der Waals surface area contributed by atoms with Crippen LogP contribution in [0.4, 0.5) is 4.79 Å². The molecule has 2 heterocycles. The third-order valence-electron chi connectivity index (χ3n) is 4.24. The summed E-state index contributed by atoms with van der Waals surface area (Å²) in [6, 6.07) is 0.190. The summed E-state index contributed by atoms with van der Waals surface area (Å²) in [5.41, 5.74) is 1.17. The van der Waals surface area contributed by atoms with Crippen molar-refractivity contribution in [3.8, 4) is 0 Å². The highest BCUT2D eigenvalue weighted by Gasteiger charge is 2.25. The Labute approximate surface area is 136 Å². The lowest BCUT2D eigenvalue weighted by Crippen LogP contribution is -2.49. The van der Waals surface area contributed by atoms with Gasteiger partial charge in [-0.3, -0.25) is 0 Å². The van der Waals surface area contributed by atoms with Crippen molar-refractivity contribution in [2.45, 2.75) is 58.4 Å². The Kier molecular flexibility index (Phi) is 6.64. The molecule has 2 N–H and O–H groups in total. The van der Waals surface area contributed by atoms with E-state index in [1.165, 1.54) is 10.6 Å². The van der Waals surface area contributed by atoms with Gasteiger partial charge in [-0.25, -0.2) is 9.78 Å². The summed E-state index contributed by atoms with van der Waals surface area (Å²) < 4.78 is 0. The second-order valence-electron chi connectivity index (χ2n) is 5.80. The molecule has 1 aliphatic rings. The normalized spacial score (nSPS) is 18.5. The molecule has 0 spiro atoms. The minimum absolute atomic E-state index is 0.00198. The average molecular weight is 325 g/mol. The molecule has 1 aliphatic heterocycles. The Morgan fingerprint density at radius 2 is 2.32 bits per heavy atom. The number of nitrogens with one attached hydrogen (secondary N) is 1. The standard InChI is InChI=1S/C16H27N3O2S/c1-3-14-12(2)22-15(18-14)7-9-17-16(21)19-10-5-4-6-13(19)8-11-20/h13,20H,3-11H2,1-2H3,(H,17,21). The Morgan fingerprint density at radius 3 is 3.00 bits per heavy atom. The highest BCUT2D eigenvalue weighted by Crippen LogP contribution is 2.20. The van der Waals surface area contributed by atoms with Crippen molar-refractivity contribution in [3.63, 3.8) is 0 Å². The van der Waals surface area contributed by atoms with Crippen molar-refractivity contribution in [3.05, 3.63) is 15.6 Å². The van der Waals surface area contributed by atoms with Gasteiger partial charge in [0.05, 0.1) is 10.7 Å². The molecule has 1 atom stereocenters. The predicted octanol–water partition coefficient (Wildman–Crippen LogP) is 2.50. The lowest BCUT2D eigenvalue weighted by Gasteiger charge is -2.35. The molecule has 1 aromatic rings. The number of urea groups is 1. The van der Waals surface area contributed by atoms with Gasteiger partial charge in [-0.15, -0.1) is 11.3 Å². The van der Waals surface area contributed by atoms with Crippen LogP contribution in [0.2, 0.25) is 0 Å². The second kappa shape index (κ2) is 8.48. The van der Waals surface area contributed by atoms with E-state index in [4.69, 9.17) is 5.11 Å². The number of aromatic nitrogens is 1. The third kappa shape index (κ3) is 4.43. The Balaban J connectivity index is 1.81. The van der Waals surface area contributed by atoms with Gasteiger partial charge in [-0.05, 0) is 39.0 Å². The first-order valence-corrected chi connectivity index (χ1v) is 9.07. The number of aryl methyl sites for hydroxylation is 2. The van der Waals surface area contributed by atoms with Gasteiger partial charge >= 0.3 is 6.03 Å². The molecular weight excluding hydrogens is 298 g/mol. The van der Waals surface area contributed by atoms with Crippen molar-refractivity contribution in [1.29, 1.82) is 0 Å². The van der Waals surface area contributed by atoms with E-state index < -0.39 is 0 Å². The molecule has 0 aliphatic carbocycles. The molecule has 1 fully saturated rings. The predicted molar refractivity (Wildman–Crippen MR) is 89.4 cm³/mol. The van der Waals surface area contributed by atoms with E-state index >= 15 is 0 Å². The zero-order valence-corrected chi connectivity index (χ0v) is 14.4. The van der Waals surface area contributed by atoms with Crippen molar-refractivity contribution < 1.29 is 9.90 Å². The van der Waals surface area contributed by atoms with Gasteiger partial charge in [0.25, 0.3) is 0 Å². The maximum atomic E-state index is 12.3. The van der Waals surface area contributed by atoms with Gasteiger partial charge < -0.3 is 15.3 Å². The summed E-state index contributed by atoms with van der Waals surface area (Å²) in [6.07, 6.45) is 5.63. The van der Waals surface area contributed by atoms with Gasteiger partial charge in [-0.1, -0.05) is 6.92 Å². The number of thiazole rings is 1. The van der Waals surface area contributed by atoms with Crippen LogP contribution in [-0.2, 0) is 12.8 Å². The summed E-state index contributed by atoms with van der Waals surface area (Å²) in [4.78, 5) is 20.1. The molecule has 1 unspecified atom stereocenters. The topological polar surface area (TPSA) is 65.5 Å². The summed E-state index contributed by atoms with van der Waals surface area (Å²) in [7, 11) is 0. The number of carbonyl (C=O) groups excluding carboxylic acids is 1. The summed E-state index contributed by atoms with van der Waals surface area (Å²) >= 11 is 1.73. The molecule has 2 rings (SSSR count). The van der Waals surface area contributed by atoms with Crippen LogP contribution >= 0.6 is 11.3 Å². The van der Waals surface area contributed by atoms with E-state index in [9.17, 15) is 4.79 Å². The van der Waals surface area contributed by atoms with Crippen LogP contribution in [0.1, 0.15) is 48.2 Å². The minimum atomic E-state index is 0.00198. The van der Waals surface area contributed by atoms with E-state index in [1.807, 2.05) is 4.90 Å². The van der Waals surface area contributed by atoms with Crippen LogP contribution in [0.25, 0.3) is 0 Å². The fourth-order valence-corrected chi connectivity index (χ4v) is 4.04. The summed E-state index contributed by atoms with van der Waals surface area (Å²) in [5, 5.41) is 13.2. The molecule has 1 aromatic heterocycles. The maximum absolute atomic E-state index is 12.3. The summed E-state index contributed by atoms with van der Waals surface area (Å²) in [5.74, 6) is 0. The van der Waals surface area contributed by atoms with Crippen molar-refractivity contribution >= 4 is 17.4 Å². The number of carbonyl (C=O) groups is 1. The van der Waals surface area contributed by atoms with Crippen molar-refractivity contribution in [1.82, 2.24) is 15.2 Å². The Hall–Kier alpha value is -1.14. The Morgan fingerprint density at radius 1 is 1.50 bits per heavy atom. The lowest BCUT2D eigenvalue weighted by molar-refractivity contribution is 0.132. The number of hydrogen-bond acceptors (Lipinski definition) is 4. The van der Waals surface area contributed by atoms with E-state index in [2.05, 4.69) is 24.1 Å². The Bertz CT molecular complexity index is 488. The molecule has 22 heavy (non-hydrogen) atoms. The van der Waals surface area contributed by atoms with Gasteiger partial charge in [-0.2, -0.15) is 0 Å². The molecule has 0 bridgehead atoms. The molecule has 0 aromatic carbocycles. The number of amides is 2. The van der Waals surface area contributed by atoms with Crippen LogP contribution < -0.4 is 5.32 Å². The van der Waals surface area contributed by atoms with Crippen molar-refractivity contribution in [2.75, 3.05) is 19.7 Å². The average Bonchev–Trinajstić information content (AvgIpc) is 2.88. The first-order chi connectivity index (χ1) is 10.7. The number of likely N-dealkylation sites (tertiary alicyclic amines) is 1. The monoisotopic (exact) mass is 325 g/mol. The van der Waals surface area contributed by atoms with Crippen LogP contribution in [0, 0.1) is 6.92 Å². The molecular formula is C16H27N3O2S. The number of aliphatic hydroxyl groups excluding tert-OH is 1. The third-order valence-corrected chi connectivity index (χ3v) is 5.31. The van der Waals surface area contributed by atoms with E-state index in [1.54, 1.807) is 11.3 Å². The molecule has 0 radical (unpaired) electrons. The van der Waals surface area contributed by atoms with E-state index in [-0.39, 0.29) is 18.7 Å². The van der Waals surface area contributed by atoms with Gasteiger partial charge in [0.2, 0.25) is 0 Å². The highest BCUT2D eigenvalue weighted by atomic mass is 32.1. The maximum Gasteiger partial charge on any atom is 0.317 e. The first-order valence-electron chi connectivity index (χ1n) is 8.26. The SMILES string of the molecule is CCc1nc(CCNC(=O)N2CCCCC2CCO)sc1C. The van der Waals surface area contributed by atoms with Crippen LogP contribution in [0.3, 0.4) is 0 Å². The van der Waals surface area contributed by atoms with Gasteiger partial charge in [0.1, 0.15) is 0 Å². The van der Waals surface area contributed by atoms with E-state index in [0.29, 0.717) is 13.0 Å². The van der Waals surface area contributed by atoms with Gasteiger partial charge in [0, 0.05) is 37.0 Å². The van der Waals surface area contributed by atoms with Crippen LogP contribution in [0.5, 0.6) is 0 Å². The largest absolute Gasteiger partial charge is 0.396 e. The fourth-order valence-electron chi connectivity index (χ4n) is 3.02. The molecule has 6 heteroatoms. The number of rotatable bonds is 6. The summed E-state index contributed by atoms with van der Waals surface area (Å²) in [6.45, 7) is 5.79. The van der Waals surface area contributed by atoms with E-state index in [0.717, 1.165) is 43.7 Å². The number of piperidine rings is 1. The number of hydrogen-bond donors (Lipinski definition) is 2. The fraction of sp³-hybridized carbons (Fsp3) is 0.750. The zero-order chi connectivity index (χ0) is 15.9. The number of aliphatic hydroxyl groups is 1. The molecule has 5 nitrogen and oxygen atoms in total. The molecule has 1 saturated heterocycles. The highest BCUT2D eigenvalue weighted by molar-refractivity contribution is 7.11. The molecule has 2 amide bonds. The quantitative estimate of drug-likeness (QED) is 0.844. The smallest absolute Gasteiger partial charge is 0.317 e. The van der Waals surface area contributed by atoms with Crippen LogP contribution in [0.15, 0.2) is 0 Å². The first kappa shape index (κ1) is 17.2. The van der Waals surface area contributed by atoms with Crippen LogP contribution in [-0.4, -0.2) is 46.8 Å². The lowest BCUT2D eigenvalue weighted by atomic mass is 10.0. The van der Waals surface area contributed by atoms with Gasteiger partial charge in [0.15, 0.2) is 0 Å². The molecule has 0 saturated carbocycles. The second-order valence-corrected chi connectivity index (χ2v) is 7.09. The zero-order valence-electron chi connectivity index (χ0n) is 13.6. The molecule has 124 valence electrons. The number of nitrogens with zero attached hydrogens (tertiary/aromatic N) is 2. The minimum Gasteiger partial charge on any atom is -0.396 e.